The number of hydrogen-bond acceptors (Lipinski definition) is 7. The third-order valence-electron chi connectivity index (χ3n) is 10.2. The summed E-state index contributed by atoms with van der Waals surface area (Å²) in [6.45, 7) is 7.06. The van der Waals surface area contributed by atoms with Crippen molar-refractivity contribution in [1.82, 2.24) is 4.72 Å². The van der Waals surface area contributed by atoms with Crippen LogP contribution >= 0.6 is 11.6 Å². The molecular weight excluding hydrogens is 612 g/mol. The molecule has 0 spiro atoms. The molecule has 1 aromatic rings. The van der Waals surface area contributed by atoms with Crippen LogP contribution in [0.5, 0.6) is 5.75 Å². The van der Waals surface area contributed by atoms with Crippen LogP contribution in [0.3, 0.4) is 0 Å². The van der Waals surface area contributed by atoms with Crippen molar-refractivity contribution in [2.24, 2.45) is 23.2 Å². The normalized spacial score (nSPS) is 32.8. The molecule has 0 aromatic heterocycles. The van der Waals surface area contributed by atoms with Crippen molar-refractivity contribution < 1.29 is 27.4 Å². The van der Waals surface area contributed by atoms with E-state index in [1.54, 1.807) is 13.2 Å². The van der Waals surface area contributed by atoms with Crippen LogP contribution in [0.2, 0.25) is 0 Å². The zero-order valence-electron chi connectivity index (χ0n) is 26.9. The molecule has 2 unspecified atom stereocenters. The van der Waals surface area contributed by atoms with Crippen molar-refractivity contribution in [2.45, 2.75) is 76.6 Å². The number of amides is 1. The van der Waals surface area contributed by atoms with E-state index in [0.29, 0.717) is 62.2 Å². The number of nitrogens with zero attached hydrogens (tertiary/aromatic N) is 1. The molecule has 2 bridgehead atoms. The number of rotatable bonds is 5. The maximum absolute atomic E-state index is 13.5. The molecule has 0 radical (unpaired) electrons. The number of allylic oxidation sites excluding steroid dienone is 4. The molecule has 1 fully saturated rings. The number of nitrogens with one attached hydrogen (secondary N) is 1. The summed E-state index contributed by atoms with van der Waals surface area (Å²) >= 11 is 6.42. The number of fused-ring (bicyclic) bond motifs is 3. The first kappa shape index (κ1) is 34.0. The SMILES string of the molecule is CC[C@@H]1CC[C@H](OCCOC)/C=C/[C@@H]2CC[C@H]2CN2CCCCC3C=C(Cl)C=CC3(C)COc3ccc(cc32)C(=O)NS1(=O)=O. The second kappa shape index (κ2) is 15.1. The van der Waals surface area contributed by atoms with Crippen LogP contribution in [0, 0.1) is 23.2 Å². The number of methoxy groups -OCH3 is 1. The quantitative estimate of drug-likeness (QED) is 0.280. The Labute approximate surface area is 274 Å². The first-order chi connectivity index (χ1) is 21.6. The van der Waals surface area contributed by atoms with Crippen LogP contribution in [0.25, 0.3) is 0 Å². The second-order valence-corrected chi connectivity index (χ2v) is 15.7. The fourth-order valence-electron chi connectivity index (χ4n) is 6.98. The van der Waals surface area contributed by atoms with Gasteiger partial charge in [0.15, 0.2) is 0 Å². The lowest BCUT2D eigenvalue weighted by Crippen LogP contribution is -2.40. The Hall–Kier alpha value is -2.33. The van der Waals surface area contributed by atoms with Crippen LogP contribution in [-0.4, -0.2) is 65.7 Å². The van der Waals surface area contributed by atoms with E-state index in [4.69, 9.17) is 25.8 Å². The Kier molecular flexibility index (Phi) is 11.4. The van der Waals surface area contributed by atoms with Gasteiger partial charge in [-0.05, 0) is 87.0 Å². The molecule has 2 heterocycles. The fourth-order valence-corrected chi connectivity index (χ4v) is 8.62. The molecule has 45 heavy (non-hydrogen) atoms. The van der Waals surface area contributed by atoms with Crippen molar-refractivity contribution in [2.75, 3.05) is 44.9 Å². The summed E-state index contributed by atoms with van der Waals surface area (Å²) in [5, 5.41) is 0.0531. The molecule has 248 valence electrons. The number of hydrogen-bond donors (Lipinski definition) is 1. The first-order valence-corrected chi connectivity index (χ1v) is 18.5. The molecule has 1 amide bonds. The standard InChI is InChI=1S/C35H49ClN2O6S/c1-4-31-14-13-30(43-20-19-42-3)12-10-25-8-9-27(25)23-38-18-6-5-7-28-22-29(36)16-17-35(28,2)24-44-33-15-11-26(21-32(33)38)34(39)37-45(31,40)41/h10-12,15-17,21-22,25,27-28,30-31H,4-9,13-14,18-20,23-24H2,1-3H3,(H,37,39)/b12-10+/t25-,27-,28?,30+,31+,35?/m0/s1. The van der Waals surface area contributed by atoms with Gasteiger partial charge in [0.1, 0.15) is 5.75 Å². The molecule has 1 aromatic carbocycles. The number of benzene rings is 1. The van der Waals surface area contributed by atoms with Gasteiger partial charge in [-0.1, -0.05) is 56.2 Å². The van der Waals surface area contributed by atoms with Gasteiger partial charge in [0.25, 0.3) is 5.91 Å². The first-order valence-electron chi connectivity index (χ1n) is 16.5. The number of ether oxygens (including phenoxy) is 3. The zero-order valence-corrected chi connectivity index (χ0v) is 28.5. The van der Waals surface area contributed by atoms with Crippen molar-refractivity contribution in [3.63, 3.8) is 0 Å². The van der Waals surface area contributed by atoms with E-state index in [-0.39, 0.29) is 17.4 Å². The highest BCUT2D eigenvalue weighted by atomic mass is 35.5. The smallest absolute Gasteiger partial charge is 0.264 e. The predicted octanol–water partition coefficient (Wildman–Crippen LogP) is 6.62. The minimum absolute atomic E-state index is 0.219. The molecule has 8 nitrogen and oxygen atoms in total. The second-order valence-electron chi connectivity index (χ2n) is 13.3. The predicted molar refractivity (Wildman–Crippen MR) is 179 cm³/mol. The lowest BCUT2D eigenvalue weighted by atomic mass is 9.72. The Morgan fingerprint density at radius 1 is 1.11 bits per heavy atom. The number of halogens is 1. The third-order valence-corrected chi connectivity index (χ3v) is 12.3. The molecule has 2 aliphatic carbocycles. The number of carbonyl (C=O) groups excluding carboxylic acids is 1. The highest BCUT2D eigenvalue weighted by Gasteiger charge is 2.36. The van der Waals surface area contributed by atoms with E-state index >= 15 is 0 Å². The lowest BCUT2D eigenvalue weighted by Gasteiger charge is -2.40. The molecule has 10 heteroatoms. The van der Waals surface area contributed by atoms with Crippen LogP contribution in [0.1, 0.15) is 75.6 Å². The maximum atomic E-state index is 13.5. The number of anilines is 1. The van der Waals surface area contributed by atoms with Gasteiger partial charge >= 0.3 is 0 Å². The van der Waals surface area contributed by atoms with E-state index in [1.165, 1.54) is 0 Å². The van der Waals surface area contributed by atoms with Crippen molar-refractivity contribution in [3.05, 3.63) is 59.2 Å². The van der Waals surface area contributed by atoms with Gasteiger partial charge in [-0.3, -0.25) is 4.79 Å². The Bertz CT molecular complexity index is 1390. The van der Waals surface area contributed by atoms with Gasteiger partial charge < -0.3 is 19.1 Å². The summed E-state index contributed by atoms with van der Waals surface area (Å²) in [6, 6.07) is 5.32. The summed E-state index contributed by atoms with van der Waals surface area (Å²) in [6.07, 6.45) is 17.0. The molecule has 0 saturated heterocycles. The molecule has 1 saturated carbocycles. The Morgan fingerprint density at radius 2 is 1.96 bits per heavy atom. The topological polar surface area (TPSA) is 94.2 Å². The molecular formula is C35H49ClN2O6S. The number of carbonyl (C=O) groups is 1. The third kappa shape index (κ3) is 8.34. The van der Waals surface area contributed by atoms with E-state index in [9.17, 15) is 13.2 Å². The number of sulfonamides is 1. The van der Waals surface area contributed by atoms with Gasteiger partial charge in [-0.2, -0.15) is 0 Å². The molecule has 2 aliphatic heterocycles. The lowest BCUT2D eigenvalue weighted by molar-refractivity contribution is 0.0345. The van der Waals surface area contributed by atoms with Crippen molar-refractivity contribution >= 4 is 33.2 Å². The molecule has 5 rings (SSSR count). The average molecular weight is 661 g/mol. The Morgan fingerprint density at radius 3 is 2.71 bits per heavy atom. The maximum Gasteiger partial charge on any atom is 0.264 e. The van der Waals surface area contributed by atoms with Crippen molar-refractivity contribution in [1.29, 1.82) is 0 Å². The minimum atomic E-state index is -3.92. The average Bonchev–Trinajstić information content (AvgIpc) is 3.02. The van der Waals surface area contributed by atoms with Crippen LogP contribution < -0.4 is 14.4 Å². The Balaban J connectivity index is 1.50. The summed E-state index contributed by atoms with van der Waals surface area (Å²) in [5.74, 6) is 1.22. The summed E-state index contributed by atoms with van der Waals surface area (Å²) in [4.78, 5) is 15.9. The molecule has 1 N–H and O–H groups in total. The van der Waals surface area contributed by atoms with E-state index < -0.39 is 21.2 Å². The largest absolute Gasteiger partial charge is 0.490 e. The van der Waals surface area contributed by atoms with Gasteiger partial charge in [0.2, 0.25) is 10.0 Å². The highest BCUT2D eigenvalue weighted by molar-refractivity contribution is 7.90. The van der Waals surface area contributed by atoms with Crippen molar-refractivity contribution in [3.8, 4) is 5.75 Å². The molecule has 4 aliphatic rings. The van der Waals surface area contributed by atoms with Gasteiger partial charge in [-0.15, -0.1) is 0 Å². The highest BCUT2D eigenvalue weighted by Crippen LogP contribution is 2.43. The van der Waals surface area contributed by atoms with Crippen LogP contribution in [-0.2, 0) is 19.5 Å². The van der Waals surface area contributed by atoms with Gasteiger partial charge in [0, 0.05) is 36.2 Å². The van der Waals surface area contributed by atoms with E-state index in [0.717, 1.165) is 55.9 Å². The zero-order chi connectivity index (χ0) is 32.0. The van der Waals surface area contributed by atoms with E-state index in [1.807, 2.05) is 25.1 Å². The monoisotopic (exact) mass is 660 g/mol. The molecule has 6 atom stereocenters. The summed E-state index contributed by atoms with van der Waals surface area (Å²) < 4.78 is 47.2. The summed E-state index contributed by atoms with van der Waals surface area (Å²) in [7, 11) is -2.28. The van der Waals surface area contributed by atoms with Crippen LogP contribution in [0.4, 0.5) is 5.69 Å². The van der Waals surface area contributed by atoms with Gasteiger partial charge in [-0.25, -0.2) is 13.1 Å². The summed E-state index contributed by atoms with van der Waals surface area (Å²) in [5.41, 5.74) is 0.929. The van der Waals surface area contributed by atoms with Gasteiger partial charge in [0.05, 0.1) is 36.9 Å². The fraction of sp³-hybridized carbons (Fsp3) is 0.629. The minimum Gasteiger partial charge on any atom is -0.490 e. The van der Waals surface area contributed by atoms with Crippen LogP contribution in [0.15, 0.2) is 53.6 Å². The van der Waals surface area contributed by atoms with E-state index in [2.05, 4.69) is 40.8 Å².